The highest BCUT2D eigenvalue weighted by molar-refractivity contribution is 6.44. The Morgan fingerprint density at radius 3 is 2.26 bits per heavy atom. The third-order valence-corrected chi connectivity index (χ3v) is 3.40. The van der Waals surface area contributed by atoms with Crippen molar-refractivity contribution in [2.75, 3.05) is 0 Å². The molecule has 2 rings (SSSR count). The first-order valence-electron chi connectivity index (χ1n) is 4.95. The minimum Gasteiger partial charge on any atom is -0.477 e. The van der Waals surface area contributed by atoms with E-state index in [1.54, 1.807) is 0 Å². The van der Waals surface area contributed by atoms with Crippen LogP contribution in [0.5, 0.6) is 0 Å². The van der Waals surface area contributed by atoms with Gasteiger partial charge in [-0.1, -0.05) is 34.8 Å². The highest BCUT2D eigenvalue weighted by Gasteiger charge is 2.15. The lowest BCUT2D eigenvalue weighted by Crippen LogP contribution is -2.02. The number of nitrogens with zero attached hydrogens (tertiary/aromatic N) is 1. The number of hydrogen-bond donors (Lipinski definition) is 1. The molecule has 7 heteroatoms. The Kier molecular flexibility index (Phi) is 3.94. The van der Waals surface area contributed by atoms with E-state index in [1.807, 2.05) is 0 Å². The summed E-state index contributed by atoms with van der Waals surface area (Å²) >= 11 is 17.6. The second-order valence-corrected chi connectivity index (χ2v) is 4.81. The Hall–Kier alpha value is -1.36. The SMILES string of the molecule is O=C(O)c1ccc(-c2cc(Cl)c(Cl)cc2Cl)c(F)n1. The van der Waals surface area contributed by atoms with Gasteiger partial charge in [-0.15, -0.1) is 0 Å². The predicted molar refractivity (Wildman–Crippen MR) is 71.6 cm³/mol. The van der Waals surface area contributed by atoms with Gasteiger partial charge in [0.2, 0.25) is 5.95 Å². The van der Waals surface area contributed by atoms with Crippen LogP contribution in [-0.2, 0) is 0 Å². The van der Waals surface area contributed by atoms with Gasteiger partial charge in [0.25, 0.3) is 0 Å². The van der Waals surface area contributed by atoms with E-state index >= 15 is 0 Å². The van der Waals surface area contributed by atoms with Gasteiger partial charge in [-0.3, -0.25) is 0 Å². The van der Waals surface area contributed by atoms with Gasteiger partial charge in [0.05, 0.1) is 15.1 Å². The average Bonchev–Trinajstić information content (AvgIpc) is 2.34. The molecule has 3 nitrogen and oxygen atoms in total. The Morgan fingerprint density at radius 1 is 1.05 bits per heavy atom. The number of carboxylic acid groups (broad SMARTS) is 1. The first-order chi connectivity index (χ1) is 8.90. The predicted octanol–water partition coefficient (Wildman–Crippen LogP) is 4.55. The molecule has 0 aliphatic carbocycles. The van der Waals surface area contributed by atoms with E-state index in [9.17, 15) is 9.18 Å². The second kappa shape index (κ2) is 5.33. The maximum absolute atomic E-state index is 13.8. The summed E-state index contributed by atoms with van der Waals surface area (Å²) < 4.78 is 13.8. The van der Waals surface area contributed by atoms with Crippen LogP contribution in [0.4, 0.5) is 4.39 Å². The minimum absolute atomic E-state index is 0.0496. The van der Waals surface area contributed by atoms with Crippen molar-refractivity contribution >= 4 is 40.8 Å². The zero-order chi connectivity index (χ0) is 14.2. The Balaban J connectivity index is 2.59. The molecule has 0 aliphatic rings. The fourth-order valence-electron chi connectivity index (χ4n) is 1.48. The van der Waals surface area contributed by atoms with E-state index in [1.165, 1.54) is 24.3 Å². The Bertz CT molecular complexity index is 676. The smallest absolute Gasteiger partial charge is 0.354 e. The van der Waals surface area contributed by atoms with Crippen molar-refractivity contribution in [3.63, 3.8) is 0 Å². The standard InChI is InChI=1S/C12H5Cl3FNO2/c13-7-4-9(15)8(14)3-6(7)5-1-2-10(12(18)19)17-11(5)16/h1-4H,(H,18,19). The normalized spacial score (nSPS) is 10.5. The van der Waals surface area contributed by atoms with Gasteiger partial charge in [0.15, 0.2) is 5.69 Å². The molecule has 0 amide bonds. The molecule has 0 bridgehead atoms. The fourth-order valence-corrected chi connectivity index (χ4v) is 2.13. The number of carbonyl (C=O) groups is 1. The zero-order valence-corrected chi connectivity index (χ0v) is 11.4. The van der Waals surface area contributed by atoms with Crippen molar-refractivity contribution in [2.24, 2.45) is 0 Å². The maximum Gasteiger partial charge on any atom is 0.354 e. The highest BCUT2D eigenvalue weighted by atomic mass is 35.5. The van der Waals surface area contributed by atoms with Crippen molar-refractivity contribution < 1.29 is 14.3 Å². The van der Waals surface area contributed by atoms with E-state index < -0.39 is 17.6 Å². The average molecular weight is 321 g/mol. The van der Waals surface area contributed by atoms with Crippen LogP contribution in [0.3, 0.4) is 0 Å². The van der Waals surface area contributed by atoms with E-state index in [2.05, 4.69) is 4.98 Å². The van der Waals surface area contributed by atoms with E-state index in [-0.39, 0.29) is 26.2 Å². The van der Waals surface area contributed by atoms with Crippen molar-refractivity contribution in [1.29, 1.82) is 0 Å². The van der Waals surface area contributed by atoms with Gasteiger partial charge < -0.3 is 5.11 Å². The fraction of sp³-hybridized carbons (Fsp3) is 0. The van der Waals surface area contributed by atoms with Crippen LogP contribution in [0.15, 0.2) is 24.3 Å². The Morgan fingerprint density at radius 2 is 1.68 bits per heavy atom. The molecule has 1 aromatic carbocycles. The molecule has 98 valence electrons. The zero-order valence-electron chi connectivity index (χ0n) is 9.12. The minimum atomic E-state index is -1.31. The van der Waals surface area contributed by atoms with Gasteiger partial charge in [0.1, 0.15) is 0 Å². The lowest BCUT2D eigenvalue weighted by molar-refractivity contribution is 0.0689. The van der Waals surface area contributed by atoms with Crippen LogP contribution in [0.2, 0.25) is 15.1 Å². The molecule has 0 radical (unpaired) electrons. The second-order valence-electron chi connectivity index (χ2n) is 3.59. The van der Waals surface area contributed by atoms with Crippen LogP contribution in [0.25, 0.3) is 11.1 Å². The van der Waals surface area contributed by atoms with Crippen LogP contribution in [0.1, 0.15) is 10.5 Å². The first kappa shape index (κ1) is 14.1. The molecule has 0 fully saturated rings. The van der Waals surface area contributed by atoms with Gasteiger partial charge in [-0.05, 0) is 24.3 Å². The van der Waals surface area contributed by atoms with E-state index in [0.29, 0.717) is 0 Å². The van der Waals surface area contributed by atoms with Crippen LogP contribution < -0.4 is 0 Å². The van der Waals surface area contributed by atoms with Gasteiger partial charge >= 0.3 is 5.97 Å². The number of carboxylic acids is 1. The summed E-state index contributed by atoms with van der Waals surface area (Å²) in [4.78, 5) is 14.0. The summed E-state index contributed by atoms with van der Waals surface area (Å²) in [7, 11) is 0. The maximum atomic E-state index is 13.8. The molecular weight excluding hydrogens is 315 g/mol. The molecule has 2 aromatic rings. The van der Waals surface area contributed by atoms with Crippen molar-refractivity contribution in [2.45, 2.75) is 0 Å². The molecule has 1 heterocycles. The number of rotatable bonds is 2. The van der Waals surface area contributed by atoms with Crippen LogP contribution in [-0.4, -0.2) is 16.1 Å². The lowest BCUT2D eigenvalue weighted by atomic mass is 10.1. The molecule has 19 heavy (non-hydrogen) atoms. The molecule has 0 unspecified atom stereocenters. The molecular formula is C12H5Cl3FNO2. The topological polar surface area (TPSA) is 50.2 Å². The van der Waals surface area contributed by atoms with Crippen molar-refractivity contribution in [3.8, 4) is 11.1 Å². The third kappa shape index (κ3) is 2.81. The summed E-state index contributed by atoms with van der Waals surface area (Å²) in [6.07, 6.45) is 0. The molecule has 0 aliphatic heterocycles. The molecule has 1 N–H and O–H groups in total. The first-order valence-corrected chi connectivity index (χ1v) is 6.08. The van der Waals surface area contributed by atoms with Crippen LogP contribution in [0, 0.1) is 5.95 Å². The lowest BCUT2D eigenvalue weighted by Gasteiger charge is -2.07. The summed E-state index contributed by atoms with van der Waals surface area (Å²) in [5.41, 5.74) is -0.0518. The van der Waals surface area contributed by atoms with Crippen LogP contribution >= 0.6 is 34.8 Å². The molecule has 0 saturated carbocycles. The van der Waals surface area contributed by atoms with Gasteiger partial charge in [-0.25, -0.2) is 9.78 Å². The third-order valence-electron chi connectivity index (χ3n) is 2.37. The molecule has 1 aromatic heterocycles. The summed E-state index contributed by atoms with van der Waals surface area (Å²) in [6, 6.07) is 5.23. The number of halogens is 4. The number of hydrogen-bond acceptors (Lipinski definition) is 2. The van der Waals surface area contributed by atoms with E-state index in [0.717, 1.165) is 0 Å². The highest BCUT2D eigenvalue weighted by Crippen LogP contribution is 2.35. The quantitative estimate of drug-likeness (QED) is 0.652. The van der Waals surface area contributed by atoms with Crippen molar-refractivity contribution in [3.05, 3.63) is 51.0 Å². The van der Waals surface area contributed by atoms with Crippen molar-refractivity contribution in [1.82, 2.24) is 4.98 Å². The molecule has 0 spiro atoms. The largest absolute Gasteiger partial charge is 0.477 e. The van der Waals surface area contributed by atoms with Gasteiger partial charge in [0, 0.05) is 11.1 Å². The summed E-state index contributed by atoms with van der Waals surface area (Å²) in [5, 5.41) is 9.36. The number of pyridine rings is 1. The van der Waals surface area contributed by atoms with E-state index in [4.69, 9.17) is 39.9 Å². The number of aromatic carboxylic acids is 1. The summed E-state index contributed by atoms with van der Waals surface area (Å²) in [5.74, 6) is -2.26. The van der Waals surface area contributed by atoms with Gasteiger partial charge in [-0.2, -0.15) is 4.39 Å². The molecule has 0 saturated heterocycles. The number of benzene rings is 1. The monoisotopic (exact) mass is 319 g/mol. The summed E-state index contributed by atoms with van der Waals surface area (Å²) in [6.45, 7) is 0. The number of aromatic nitrogens is 1. The Labute approximate surface area is 122 Å². The molecule has 0 atom stereocenters.